The van der Waals surface area contributed by atoms with Crippen molar-refractivity contribution in [1.82, 2.24) is 5.43 Å². The number of hydrazone groups is 1. The maximum absolute atomic E-state index is 12.3. The van der Waals surface area contributed by atoms with E-state index < -0.39 is 22.5 Å². The molecule has 3 aromatic rings. The van der Waals surface area contributed by atoms with Crippen molar-refractivity contribution in [1.29, 1.82) is 0 Å². The fourth-order valence-electron chi connectivity index (χ4n) is 2.62. The lowest BCUT2D eigenvalue weighted by Crippen LogP contribution is -2.39. The number of carbonyl (C=O) groups excluding carboxylic acids is 1. The summed E-state index contributed by atoms with van der Waals surface area (Å²) in [6.07, 6.45) is 2.52. The summed E-state index contributed by atoms with van der Waals surface area (Å²) in [6, 6.07) is 23.0. The summed E-state index contributed by atoms with van der Waals surface area (Å²) >= 11 is 3.39. The van der Waals surface area contributed by atoms with Crippen molar-refractivity contribution in [3.8, 4) is 11.5 Å². The van der Waals surface area contributed by atoms with Crippen LogP contribution in [0.25, 0.3) is 0 Å². The van der Waals surface area contributed by atoms with Crippen molar-refractivity contribution in [3.05, 3.63) is 88.9 Å². The third-order valence-electron chi connectivity index (χ3n) is 4.09. The van der Waals surface area contributed by atoms with Crippen molar-refractivity contribution in [2.45, 2.75) is 0 Å². The molecule has 0 spiro atoms. The highest BCUT2D eigenvalue weighted by atomic mass is 79.9. The van der Waals surface area contributed by atoms with Gasteiger partial charge in [0.15, 0.2) is 0 Å². The molecule has 0 atom stereocenters. The van der Waals surface area contributed by atoms with Crippen LogP contribution in [0.3, 0.4) is 0 Å². The molecule has 7 nitrogen and oxygen atoms in total. The minimum atomic E-state index is -3.70. The summed E-state index contributed by atoms with van der Waals surface area (Å²) in [5.74, 6) is 0.641. The van der Waals surface area contributed by atoms with E-state index in [4.69, 9.17) is 4.74 Å². The highest BCUT2D eigenvalue weighted by molar-refractivity contribution is 9.10. The number of para-hydroxylation sites is 1. The quantitative estimate of drug-likeness (QED) is 0.370. The number of nitrogens with zero attached hydrogens (tertiary/aromatic N) is 2. The Morgan fingerprint density at radius 2 is 1.61 bits per heavy atom. The molecule has 0 unspecified atom stereocenters. The van der Waals surface area contributed by atoms with Crippen LogP contribution in [0.1, 0.15) is 5.56 Å². The maximum Gasteiger partial charge on any atom is 0.260 e. The Morgan fingerprint density at radius 3 is 2.26 bits per heavy atom. The molecule has 0 saturated carbocycles. The molecule has 0 fully saturated rings. The van der Waals surface area contributed by atoms with Gasteiger partial charge in [0.05, 0.1) is 18.2 Å². The number of benzene rings is 3. The standard InChI is InChI=1S/C22H20BrN3O4S/c1-31(28,29)26(16-22(27)25-24-15-17-7-5-6-10-21(17)23)18-11-13-20(14-12-18)30-19-8-3-2-4-9-19/h2-15H,16H2,1H3,(H,25,27)/b24-15+. The van der Waals surface area contributed by atoms with Gasteiger partial charge in [0, 0.05) is 10.0 Å². The van der Waals surface area contributed by atoms with E-state index in [0.29, 0.717) is 17.2 Å². The SMILES string of the molecule is CS(=O)(=O)N(CC(=O)N/N=C/c1ccccc1Br)c1ccc(Oc2ccccc2)cc1. The second-order valence-electron chi connectivity index (χ2n) is 6.49. The van der Waals surface area contributed by atoms with Gasteiger partial charge < -0.3 is 4.74 Å². The highest BCUT2D eigenvalue weighted by Gasteiger charge is 2.20. The lowest BCUT2D eigenvalue weighted by molar-refractivity contribution is -0.119. The van der Waals surface area contributed by atoms with Crippen LogP contribution in [-0.4, -0.2) is 33.3 Å². The topological polar surface area (TPSA) is 88.1 Å². The van der Waals surface area contributed by atoms with Gasteiger partial charge in [-0.3, -0.25) is 9.10 Å². The lowest BCUT2D eigenvalue weighted by Gasteiger charge is -2.21. The first-order valence-electron chi connectivity index (χ1n) is 9.20. The number of halogens is 1. The largest absolute Gasteiger partial charge is 0.457 e. The molecule has 0 aliphatic heterocycles. The molecule has 9 heteroatoms. The van der Waals surface area contributed by atoms with E-state index in [1.54, 1.807) is 24.3 Å². The van der Waals surface area contributed by atoms with Crippen molar-refractivity contribution < 1.29 is 17.9 Å². The second kappa shape index (κ2) is 10.2. The fourth-order valence-corrected chi connectivity index (χ4v) is 3.87. The summed E-state index contributed by atoms with van der Waals surface area (Å²) < 4.78 is 32.0. The van der Waals surface area contributed by atoms with E-state index in [9.17, 15) is 13.2 Å². The van der Waals surface area contributed by atoms with Crippen LogP contribution in [0.2, 0.25) is 0 Å². The highest BCUT2D eigenvalue weighted by Crippen LogP contribution is 2.25. The molecule has 3 aromatic carbocycles. The average Bonchev–Trinajstić information content (AvgIpc) is 2.74. The Bertz CT molecular complexity index is 1170. The number of anilines is 1. The Labute approximate surface area is 189 Å². The molecule has 31 heavy (non-hydrogen) atoms. The first kappa shape index (κ1) is 22.5. The van der Waals surface area contributed by atoms with Gasteiger partial charge in [0.25, 0.3) is 5.91 Å². The molecule has 0 aromatic heterocycles. The molecule has 0 heterocycles. The summed E-state index contributed by atoms with van der Waals surface area (Å²) in [7, 11) is -3.70. The molecule has 0 aliphatic rings. The van der Waals surface area contributed by atoms with Crippen molar-refractivity contribution in [2.24, 2.45) is 5.10 Å². The van der Waals surface area contributed by atoms with Gasteiger partial charge in [-0.2, -0.15) is 5.10 Å². The normalized spacial score (nSPS) is 11.3. The number of ether oxygens (including phenoxy) is 1. The Morgan fingerprint density at radius 1 is 1.00 bits per heavy atom. The number of sulfonamides is 1. The van der Waals surface area contributed by atoms with Crippen LogP contribution in [0, 0.1) is 0 Å². The molecule has 0 bridgehead atoms. The molecule has 1 N–H and O–H groups in total. The van der Waals surface area contributed by atoms with Crippen LogP contribution in [0.5, 0.6) is 11.5 Å². The van der Waals surface area contributed by atoms with E-state index in [2.05, 4.69) is 26.5 Å². The number of nitrogens with one attached hydrogen (secondary N) is 1. The zero-order valence-corrected chi connectivity index (χ0v) is 19.0. The number of amides is 1. The number of hydrogen-bond donors (Lipinski definition) is 1. The van der Waals surface area contributed by atoms with Gasteiger partial charge in [-0.15, -0.1) is 0 Å². The minimum absolute atomic E-state index is 0.341. The maximum atomic E-state index is 12.3. The number of hydrogen-bond acceptors (Lipinski definition) is 5. The van der Waals surface area contributed by atoms with Crippen LogP contribution in [-0.2, 0) is 14.8 Å². The van der Waals surface area contributed by atoms with E-state index in [-0.39, 0.29) is 0 Å². The Balaban J connectivity index is 1.67. The number of rotatable bonds is 8. The third-order valence-corrected chi connectivity index (χ3v) is 5.95. The van der Waals surface area contributed by atoms with Crippen LogP contribution >= 0.6 is 15.9 Å². The van der Waals surface area contributed by atoms with Crippen molar-refractivity contribution in [3.63, 3.8) is 0 Å². The number of carbonyl (C=O) groups is 1. The van der Waals surface area contributed by atoms with Crippen molar-refractivity contribution in [2.75, 3.05) is 17.1 Å². The molecule has 0 saturated heterocycles. The molecule has 3 rings (SSSR count). The van der Waals surface area contributed by atoms with Gasteiger partial charge in [0.1, 0.15) is 18.0 Å². The Kier molecular flexibility index (Phi) is 7.43. The summed E-state index contributed by atoms with van der Waals surface area (Å²) in [5.41, 5.74) is 3.47. The van der Waals surface area contributed by atoms with Crippen LogP contribution < -0.4 is 14.5 Å². The average molecular weight is 502 g/mol. The second-order valence-corrected chi connectivity index (χ2v) is 9.25. The van der Waals surface area contributed by atoms with Gasteiger partial charge >= 0.3 is 0 Å². The monoisotopic (exact) mass is 501 g/mol. The Hall–Kier alpha value is -3.17. The molecular weight excluding hydrogens is 482 g/mol. The van der Waals surface area contributed by atoms with Crippen LogP contribution in [0.4, 0.5) is 5.69 Å². The van der Waals surface area contributed by atoms with E-state index >= 15 is 0 Å². The smallest absolute Gasteiger partial charge is 0.260 e. The fraction of sp³-hybridized carbons (Fsp3) is 0.0909. The molecule has 1 amide bonds. The van der Waals surface area contributed by atoms with Gasteiger partial charge in [0.2, 0.25) is 10.0 Å². The third kappa shape index (κ3) is 6.66. The molecule has 0 radical (unpaired) electrons. The minimum Gasteiger partial charge on any atom is -0.457 e. The first-order chi connectivity index (χ1) is 14.8. The predicted molar refractivity (Wildman–Crippen MR) is 125 cm³/mol. The summed E-state index contributed by atoms with van der Waals surface area (Å²) in [5, 5.41) is 3.90. The van der Waals surface area contributed by atoms with Crippen LogP contribution in [0.15, 0.2) is 88.4 Å². The predicted octanol–water partition coefficient (Wildman–Crippen LogP) is 4.16. The molecule has 0 aliphatic carbocycles. The summed E-state index contributed by atoms with van der Waals surface area (Å²) in [6.45, 7) is -0.412. The summed E-state index contributed by atoms with van der Waals surface area (Å²) in [4.78, 5) is 12.3. The zero-order chi connectivity index (χ0) is 22.3. The molecule has 160 valence electrons. The van der Waals surface area contributed by atoms with Gasteiger partial charge in [-0.1, -0.05) is 52.3 Å². The van der Waals surface area contributed by atoms with E-state index in [0.717, 1.165) is 20.6 Å². The lowest BCUT2D eigenvalue weighted by atomic mass is 10.2. The van der Waals surface area contributed by atoms with Gasteiger partial charge in [-0.25, -0.2) is 13.8 Å². The van der Waals surface area contributed by atoms with Crippen molar-refractivity contribution >= 4 is 43.8 Å². The van der Waals surface area contributed by atoms with E-state index in [1.165, 1.54) is 6.21 Å². The molecular formula is C22H20BrN3O4S. The first-order valence-corrected chi connectivity index (χ1v) is 11.8. The van der Waals surface area contributed by atoms with Gasteiger partial charge in [-0.05, 0) is 42.5 Å². The van der Waals surface area contributed by atoms with E-state index in [1.807, 2.05) is 54.6 Å². The zero-order valence-electron chi connectivity index (χ0n) is 16.6.